The molecule has 0 aliphatic carbocycles. The Hall–Kier alpha value is -3.67. The van der Waals surface area contributed by atoms with Crippen LogP contribution in [0.2, 0.25) is 0 Å². The number of carbonyl (C=O) groups is 1. The number of nitrogens with one attached hydrogen (secondary N) is 1. The fourth-order valence-corrected chi connectivity index (χ4v) is 3.06. The van der Waals surface area contributed by atoms with Gasteiger partial charge >= 0.3 is 5.63 Å². The van der Waals surface area contributed by atoms with Crippen molar-refractivity contribution in [2.45, 2.75) is 20.3 Å². The number of carbonyl (C=O) groups excluding carboxylic acids is 1. The van der Waals surface area contributed by atoms with E-state index in [9.17, 15) is 9.59 Å². The lowest BCUT2D eigenvalue weighted by molar-refractivity contribution is -0.115. The van der Waals surface area contributed by atoms with Crippen LogP contribution in [0.1, 0.15) is 17.0 Å². The first-order chi connectivity index (χ1) is 13.5. The van der Waals surface area contributed by atoms with Crippen molar-refractivity contribution in [2.75, 3.05) is 5.32 Å². The van der Waals surface area contributed by atoms with Crippen LogP contribution in [0.3, 0.4) is 0 Å². The third-order valence-electron chi connectivity index (χ3n) is 4.48. The predicted molar refractivity (Wildman–Crippen MR) is 106 cm³/mol. The van der Waals surface area contributed by atoms with Crippen LogP contribution in [-0.2, 0) is 11.2 Å². The smallest absolute Gasteiger partial charge is 0.336 e. The molecule has 0 aliphatic heterocycles. The zero-order valence-corrected chi connectivity index (χ0v) is 15.5. The Morgan fingerprint density at radius 3 is 2.61 bits per heavy atom. The molecular formula is C22H18N2O4. The van der Waals surface area contributed by atoms with Crippen molar-refractivity contribution < 1.29 is 13.6 Å². The molecule has 4 aromatic rings. The monoisotopic (exact) mass is 374 g/mol. The Morgan fingerprint density at radius 1 is 1.04 bits per heavy atom. The number of fused-ring (bicyclic) bond motifs is 1. The molecule has 0 radical (unpaired) electrons. The summed E-state index contributed by atoms with van der Waals surface area (Å²) in [5, 5.41) is 3.65. The largest absolute Gasteiger partial charge is 0.441 e. The van der Waals surface area contributed by atoms with Gasteiger partial charge in [-0.25, -0.2) is 9.78 Å². The second-order valence-corrected chi connectivity index (χ2v) is 6.57. The van der Waals surface area contributed by atoms with Crippen molar-refractivity contribution in [3.05, 3.63) is 82.0 Å². The standard InChI is InChI=1S/C22H18N2O4/c1-13-10-21(26)28-19-11-16(8-9-17(13)19)23-20(25)12-18-14(2)27-22(24-18)15-6-4-3-5-7-15/h3-11H,12H2,1-2H3,(H,23,25). The van der Waals surface area contributed by atoms with E-state index in [0.717, 1.165) is 16.5 Å². The van der Waals surface area contributed by atoms with Crippen LogP contribution in [0.25, 0.3) is 22.4 Å². The summed E-state index contributed by atoms with van der Waals surface area (Å²) in [5.74, 6) is 0.864. The van der Waals surface area contributed by atoms with E-state index >= 15 is 0 Å². The van der Waals surface area contributed by atoms with Crippen molar-refractivity contribution in [1.82, 2.24) is 4.98 Å². The summed E-state index contributed by atoms with van der Waals surface area (Å²) in [7, 11) is 0. The molecule has 0 saturated heterocycles. The van der Waals surface area contributed by atoms with Crippen molar-refractivity contribution in [1.29, 1.82) is 0 Å². The number of anilines is 1. The van der Waals surface area contributed by atoms with E-state index in [0.29, 0.717) is 28.6 Å². The summed E-state index contributed by atoms with van der Waals surface area (Å²) in [6, 6.07) is 16.2. The summed E-state index contributed by atoms with van der Waals surface area (Å²) < 4.78 is 10.9. The van der Waals surface area contributed by atoms with Gasteiger partial charge in [0.15, 0.2) is 0 Å². The van der Waals surface area contributed by atoms with E-state index in [4.69, 9.17) is 8.83 Å². The third kappa shape index (κ3) is 3.57. The van der Waals surface area contributed by atoms with Crippen LogP contribution in [0.15, 0.2) is 68.2 Å². The van der Waals surface area contributed by atoms with Crippen LogP contribution in [0, 0.1) is 13.8 Å². The van der Waals surface area contributed by atoms with E-state index < -0.39 is 5.63 Å². The van der Waals surface area contributed by atoms with Crippen LogP contribution in [-0.4, -0.2) is 10.9 Å². The van der Waals surface area contributed by atoms with E-state index in [1.165, 1.54) is 6.07 Å². The summed E-state index contributed by atoms with van der Waals surface area (Å²) in [6.45, 7) is 3.63. The molecule has 2 heterocycles. The van der Waals surface area contributed by atoms with Gasteiger partial charge in [-0.2, -0.15) is 0 Å². The lowest BCUT2D eigenvalue weighted by Crippen LogP contribution is -2.15. The van der Waals surface area contributed by atoms with E-state index in [1.807, 2.05) is 43.3 Å². The third-order valence-corrected chi connectivity index (χ3v) is 4.48. The highest BCUT2D eigenvalue weighted by Crippen LogP contribution is 2.23. The molecule has 0 fully saturated rings. The van der Waals surface area contributed by atoms with E-state index in [-0.39, 0.29) is 12.3 Å². The molecule has 0 atom stereocenters. The predicted octanol–water partition coefficient (Wildman–Crippen LogP) is 4.25. The topological polar surface area (TPSA) is 85.3 Å². The number of rotatable bonds is 4. The van der Waals surface area contributed by atoms with Crippen molar-refractivity contribution >= 4 is 22.6 Å². The number of hydrogen-bond acceptors (Lipinski definition) is 5. The Bertz CT molecular complexity index is 1220. The average molecular weight is 374 g/mol. The molecule has 1 N–H and O–H groups in total. The molecule has 0 spiro atoms. The van der Waals surface area contributed by atoms with Crippen molar-refractivity contribution in [3.63, 3.8) is 0 Å². The van der Waals surface area contributed by atoms with Crippen LogP contribution < -0.4 is 10.9 Å². The van der Waals surface area contributed by atoms with Crippen molar-refractivity contribution in [3.8, 4) is 11.5 Å². The molecule has 0 aliphatic rings. The van der Waals surface area contributed by atoms with Gasteiger partial charge in [-0.15, -0.1) is 0 Å². The number of oxazole rings is 1. The Morgan fingerprint density at radius 2 is 1.82 bits per heavy atom. The van der Waals surface area contributed by atoms with Crippen molar-refractivity contribution in [2.24, 2.45) is 0 Å². The average Bonchev–Trinajstić information content (AvgIpc) is 3.02. The molecule has 2 aromatic heterocycles. The zero-order chi connectivity index (χ0) is 19.7. The number of hydrogen-bond donors (Lipinski definition) is 1. The maximum absolute atomic E-state index is 12.5. The molecule has 0 bridgehead atoms. The highest BCUT2D eigenvalue weighted by Gasteiger charge is 2.15. The van der Waals surface area contributed by atoms with Gasteiger partial charge in [-0.1, -0.05) is 18.2 Å². The molecule has 2 aromatic carbocycles. The van der Waals surface area contributed by atoms with Crippen LogP contribution in [0.4, 0.5) is 5.69 Å². The first-order valence-electron chi connectivity index (χ1n) is 8.86. The summed E-state index contributed by atoms with van der Waals surface area (Å²) in [6.07, 6.45) is 0.0813. The summed E-state index contributed by atoms with van der Waals surface area (Å²) in [5.41, 5.74) is 2.84. The molecule has 0 saturated carbocycles. The first-order valence-corrected chi connectivity index (χ1v) is 8.86. The molecule has 4 rings (SSSR count). The molecule has 6 nitrogen and oxygen atoms in total. The number of aromatic nitrogens is 1. The van der Waals surface area contributed by atoms with E-state index in [2.05, 4.69) is 10.3 Å². The molecular weight excluding hydrogens is 356 g/mol. The van der Waals surface area contributed by atoms with Gasteiger partial charge in [0.05, 0.1) is 12.1 Å². The Kier molecular flexibility index (Phi) is 4.53. The Balaban J connectivity index is 1.53. The zero-order valence-electron chi connectivity index (χ0n) is 15.5. The molecule has 140 valence electrons. The van der Waals surface area contributed by atoms with Gasteiger partial charge in [-0.05, 0) is 43.7 Å². The van der Waals surface area contributed by atoms with Crippen LogP contribution >= 0.6 is 0 Å². The maximum atomic E-state index is 12.5. The maximum Gasteiger partial charge on any atom is 0.336 e. The van der Waals surface area contributed by atoms with Gasteiger partial charge in [0, 0.05) is 28.8 Å². The minimum atomic E-state index is -0.417. The molecule has 0 unspecified atom stereocenters. The quantitative estimate of drug-likeness (QED) is 0.540. The van der Waals surface area contributed by atoms with Crippen LogP contribution in [0.5, 0.6) is 0 Å². The minimum absolute atomic E-state index is 0.0813. The summed E-state index contributed by atoms with van der Waals surface area (Å²) >= 11 is 0. The molecule has 6 heteroatoms. The number of benzene rings is 2. The highest BCUT2D eigenvalue weighted by atomic mass is 16.4. The number of nitrogens with zero attached hydrogens (tertiary/aromatic N) is 1. The molecule has 1 amide bonds. The summed E-state index contributed by atoms with van der Waals surface area (Å²) in [4.78, 5) is 28.5. The van der Waals surface area contributed by atoms with Gasteiger partial charge in [0.1, 0.15) is 11.3 Å². The highest BCUT2D eigenvalue weighted by molar-refractivity contribution is 5.94. The molecule has 28 heavy (non-hydrogen) atoms. The number of amides is 1. The second kappa shape index (κ2) is 7.15. The normalized spacial score (nSPS) is 10.9. The fourth-order valence-electron chi connectivity index (χ4n) is 3.06. The minimum Gasteiger partial charge on any atom is -0.441 e. The first kappa shape index (κ1) is 17.7. The van der Waals surface area contributed by atoms with E-state index in [1.54, 1.807) is 19.1 Å². The number of aryl methyl sites for hydroxylation is 2. The Labute approximate surface area is 160 Å². The lowest BCUT2D eigenvalue weighted by Gasteiger charge is -2.06. The lowest BCUT2D eigenvalue weighted by atomic mass is 10.1. The SMILES string of the molecule is Cc1oc(-c2ccccc2)nc1CC(=O)Nc1ccc2c(C)cc(=O)oc2c1. The van der Waals surface area contributed by atoms with Gasteiger partial charge in [0.25, 0.3) is 0 Å². The van der Waals surface area contributed by atoms with Gasteiger partial charge in [-0.3, -0.25) is 4.79 Å². The fraction of sp³-hybridized carbons (Fsp3) is 0.136. The van der Waals surface area contributed by atoms with Gasteiger partial charge in [0.2, 0.25) is 11.8 Å². The second-order valence-electron chi connectivity index (χ2n) is 6.57. The van der Waals surface area contributed by atoms with Gasteiger partial charge < -0.3 is 14.2 Å².